The number of benzene rings is 1. The molecule has 2 aliphatic rings. The molecule has 0 unspecified atom stereocenters. The lowest BCUT2D eigenvalue weighted by Gasteiger charge is -2.48. The molecule has 2 aliphatic heterocycles. The minimum absolute atomic E-state index is 0.191. The number of hydrogen-bond donors (Lipinski definition) is 0. The Labute approximate surface area is 163 Å². The number of hydrogen-bond acceptors (Lipinski definition) is 4. The fraction of sp³-hybridized carbons (Fsp3) is 0.682. The summed E-state index contributed by atoms with van der Waals surface area (Å²) >= 11 is 0. The van der Waals surface area contributed by atoms with E-state index in [9.17, 15) is 4.79 Å². The minimum atomic E-state index is 0.191. The van der Waals surface area contributed by atoms with Crippen molar-refractivity contribution < 1.29 is 14.3 Å². The highest BCUT2D eigenvalue weighted by atomic mass is 16.5. The first-order chi connectivity index (χ1) is 13.0. The molecule has 150 valence electrons. The Kier molecular flexibility index (Phi) is 6.77. The van der Waals surface area contributed by atoms with Crippen LogP contribution < -0.4 is 4.74 Å². The summed E-state index contributed by atoms with van der Waals surface area (Å²) in [4.78, 5) is 16.8. The van der Waals surface area contributed by atoms with Crippen molar-refractivity contribution in [2.75, 3.05) is 39.9 Å². The molecule has 0 radical (unpaired) electrons. The van der Waals surface area contributed by atoms with Crippen molar-refractivity contribution in [2.24, 2.45) is 5.41 Å². The van der Waals surface area contributed by atoms with Gasteiger partial charge in [0.1, 0.15) is 5.75 Å². The maximum absolute atomic E-state index is 12.3. The molecule has 3 rings (SSSR count). The molecule has 5 nitrogen and oxygen atoms in total. The lowest BCUT2D eigenvalue weighted by Crippen LogP contribution is -2.54. The van der Waals surface area contributed by atoms with E-state index in [1.165, 1.54) is 18.4 Å². The van der Waals surface area contributed by atoms with Gasteiger partial charge < -0.3 is 14.4 Å². The molecule has 0 N–H and O–H groups in total. The first-order valence-corrected chi connectivity index (χ1v) is 10.2. The number of likely N-dealkylation sites (tertiary alicyclic amines) is 2. The molecule has 2 saturated heterocycles. The molecular formula is C22H34N2O3. The van der Waals surface area contributed by atoms with Crippen molar-refractivity contribution in [1.29, 1.82) is 0 Å². The Bertz CT molecular complexity index is 634. The number of amides is 1. The summed E-state index contributed by atoms with van der Waals surface area (Å²) in [6.07, 6.45) is 4.31. The first-order valence-electron chi connectivity index (χ1n) is 10.2. The van der Waals surface area contributed by atoms with Gasteiger partial charge in [-0.1, -0.05) is 12.1 Å². The highest BCUT2D eigenvalue weighted by molar-refractivity contribution is 5.77. The molecule has 2 fully saturated rings. The Morgan fingerprint density at radius 2 is 2.07 bits per heavy atom. The summed E-state index contributed by atoms with van der Waals surface area (Å²) in [5.74, 6) is 1.23. The van der Waals surface area contributed by atoms with Crippen molar-refractivity contribution in [3.63, 3.8) is 0 Å². The standard InChI is InChI=1S/C22H34N2O3/c1-18(2)27-20-7-4-6-19(14-20)15-23-11-5-9-22(16-23)10-8-21(25)24(17-22)12-13-26-3/h4,6-7,14,18H,5,8-13,15-17H2,1-3H3/t22-/m0/s1. The number of rotatable bonds is 7. The van der Waals surface area contributed by atoms with Crippen LogP contribution in [0.4, 0.5) is 0 Å². The molecule has 1 amide bonds. The van der Waals surface area contributed by atoms with Crippen LogP contribution >= 0.6 is 0 Å². The van der Waals surface area contributed by atoms with Gasteiger partial charge in [-0.3, -0.25) is 9.69 Å². The van der Waals surface area contributed by atoms with Crippen molar-refractivity contribution in [1.82, 2.24) is 9.80 Å². The first kappa shape index (κ1) is 20.2. The van der Waals surface area contributed by atoms with Gasteiger partial charge in [-0.05, 0) is 57.4 Å². The Hall–Kier alpha value is -1.59. The van der Waals surface area contributed by atoms with Crippen LogP contribution in [0.2, 0.25) is 0 Å². The molecule has 1 aromatic rings. The molecule has 1 aromatic carbocycles. The SMILES string of the molecule is COCCN1C[C@@]2(CCCN(Cc3cccc(OC(C)C)c3)C2)CCC1=O. The van der Waals surface area contributed by atoms with Crippen LogP contribution in [0.15, 0.2) is 24.3 Å². The molecule has 1 atom stereocenters. The smallest absolute Gasteiger partial charge is 0.222 e. The third-order valence-corrected chi connectivity index (χ3v) is 5.73. The predicted octanol–water partition coefficient (Wildman–Crippen LogP) is 3.32. The highest BCUT2D eigenvalue weighted by Crippen LogP contribution is 2.39. The van der Waals surface area contributed by atoms with E-state index in [-0.39, 0.29) is 17.4 Å². The van der Waals surface area contributed by atoms with Crippen LogP contribution in [0, 0.1) is 5.41 Å². The van der Waals surface area contributed by atoms with Gasteiger partial charge in [-0.25, -0.2) is 0 Å². The lowest BCUT2D eigenvalue weighted by atomic mass is 9.73. The van der Waals surface area contributed by atoms with Gasteiger partial charge in [0.25, 0.3) is 0 Å². The van der Waals surface area contributed by atoms with Crippen molar-refractivity contribution in [3.8, 4) is 5.75 Å². The molecule has 0 bridgehead atoms. The van der Waals surface area contributed by atoms with Crippen molar-refractivity contribution >= 4 is 5.91 Å². The molecule has 1 spiro atoms. The minimum Gasteiger partial charge on any atom is -0.491 e. The van der Waals surface area contributed by atoms with E-state index in [4.69, 9.17) is 9.47 Å². The van der Waals surface area contributed by atoms with Gasteiger partial charge in [0.05, 0.1) is 12.7 Å². The van der Waals surface area contributed by atoms with Gasteiger partial charge in [0, 0.05) is 45.1 Å². The van der Waals surface area contributed by atoms with Crippen LogP contribution in [-0.2, 0) is 16.1 Å². The van der Waals surface area contributed by atoms with E-state index in [1.54, 1.807) is 7.11 Å². The van der Waals surface area contributed by atoms with E-state index < -0.39 is 0 Å². The monoisotopic (exact) mass is 374 g/mol. The Morgan fingerprint density at radius 1 is 1.22 bits per heavy atom. The van der Waals surface area contributed by atoms with E-state index in [0.717, 1.165) is 38.3 Å². The van der Waals surface area contributed by atoms with Crippen LogP contribution in [0.3, 0.4) is 0 Å². The normalized spacial score (nSPS) is 24.0. The lowest BCUT2D eigenvalue weighted by molar-refractivity contribution is -0.140. The van der Waals surface area contributed by atoms with E-state index in [1.807, 2.05) is 11.0 Å². The highest BCUT2D eigenvalue weighted by Gasteiger charge is 2.41. The molecule has 0 aromatic heterocycles. The van der Waals surface area contributed by atoms with Crippen LogP contribution in [0.25, 0.3) is 0 Å². The fourth-order valence-corrected chi connectivity index (χ4v) is 4.53. The number of ether oxygens (including phenoxy) is 2. The number of nitrogens with zero attached hydrogens (tertiary/aromatic N) is 2. The molecule has 0 saturated carbocycles. The van der Waals surface area contributed by atoms with Crippen molar-refractivity contribution in [3.05, 3.63) is 29.8 Å². The Balaban J connectivity index is 1.63. The predicted molar refractivity (Wildman–Crippen MR) is 107 cm³/mol. The fourth-order valence-electron chi connectivity index (χ4n) is 4.53. The van der Waals surface area contributed by atoms with Crippen LogP contribution in [-0.4, -0.2) is 61.7 Å². The summed E-state index contributed by atoms with van der Waals surface area (Å²) < 4.78 is 11.0. The second-order valence-corrected chi connectivity index (χ2v) is 8.44. The maximum atomic E-state index is 12.3. The number of piperidine rings is 2. The summed E-state index contributed by atoms with van der Waals surface area (Å²) in [5, 5.41) is 0. The van der Waals surface area contributed by atoms with E-state index in [0.29, 0.717) is 19.6 Å². The topological polar surface area (TPSA) is 42.0 Å². The second kappa shape index (κ2) is 9.07. The Morgan fingerprint density at radius 3 is 2.85 bits per heavy atom. The zero-order valence-corrected chi connectivity index (χ0v) is 17.1. The van der Waals surface area contributed by atoms with Gasteiger partial charge in [-0.15, -0.1) is 0 Å². The zero-order chi connectivity index (χ0) is 19.3. The zero-order valence-electron chi connectivity index (χ0n) is 17.1. The summed E-state index contributed by atoms with van der Waals surface area (Å²) in [6.45, 7) is 9.47. The van der Waals surface area contributed by atoms with E-state index in [2.05, 4.69) is 36.9 Å². The third kappa shape index (κ3) is 5.45. The molecule has 0 aliphatic carbocycles. The summed E-state index contributed by atoms with van der Waals surface area (Å²) in [6, 6.07) is 8.46. The maximum Gasteiger partial charge on any atom is 0.222 e. The average Bonchev–Trinajstić information content (AvgIpc) is 2.63. The largest absolute Gasteiger partial charge is 0.491 e. The molecule has 5 heteroatoms. The van der Waals surface area contributed by atoms with Crippen LogP contribution in [0.5, 0.6) is 5.75 Å². The molecular weight excluding hydrogens is 340 g/mol. The average molecular weight is 375 g/mol. The number of methoxy groups -OCH3 is 1. The third-order valence-electron chi connectivity index (χ3n) is 5.73. The second-order valence-electron chi connectivity index (χ2n) is 8.44. The quantitative estimate of drug-likeness (QED) is 0.734. The van der Waals surface area contributed by atoms with Gasteiger partial charge in [0.2, 0.25) is 5.91 Å². The molecule has 2 heterocycles. The summed E-state index contributed by atoms with van der Waals surface area (Å²) in [5.41, 5.74) is 1.54. The van der Waals surface area contributed by atoms with Crippen molar-refractivity contribution in [2.45, 2.75) is 52.2 Å². The van der Waals surface area contributed by atoms with Gasteiger partial charge in [0.15, 0.2) is 0 Å². The molecule has 27 heavy (non-hydrogen) atoms. The van der Waals surface area contributed by atoms with E-state index >= 15 is 0 Å². The summed E-state index contributed by atoms with van der Waals surface area (Å²) in [7, 11) is 1.70. The van der Waals surface area contributed by atoms with Crippen LogP contribution in [0.1, 0.15) is 45.1 Å². The van der Waals surface area contributed by atoms with Gasteiger partial charge in [-0.2, -0.15) is 0 Å². The van der Waals surface area contributed by atoms with Gasteiger partial charge >= 0.3 is 0 Å². The number of carbonyl (C=O) groups excluding carboxylic acids is 1. The number of carbonyl (C=O) groups is 1.